The van der Waals surface area contributed by atoms with E-state index in [1.807, 2.05) is 62.4 Å². The molecule has 0 spiro atoms. The molecule has 2 aromatic rings. The summed E-state index contributed by atoms with van der Waals surface area (Å²) in [5, 5.41) is 0. The molecule has 0 unspecified atom stereocenters. The Balaban J connectivity index is 1.68. The Morgan fingerprint density at radius 2 is 1.30 bits per heavy atom. The molecule has 0 N–H and O–H groups in total. The highest BCUT2D eigenvalue weighted by Gasteiger charge is 2.28. The summed E-state index contributed by atoms with van der Waals surface area (Å²) < 4.78 is 0. The second kappa shape index (κ2) is 5.73. The molecule has 1 aliphatic heterocycles. The van der Waals surface area contributed by atoms with E-state index in [-0.39, 0.29) is 0 Å². The van der Waals surface area contributed by atoms with Gasteiger partial charge < -0.3 is 0 Å². The highest BCUT2D eigenvalue weighted by molar-refractivity contribution is 5.26. The summed E-state index contributed by atoms with van der Waals surface area (Å²) in [5.41, 5.74) is 3.95. The minimum atomic E-state index is -0.670. The van der Waals surface area contributed by atoms with Crippen LogP contribution in [0.2, 0.25) is 0 Å². The molecule has 1 fully saturated rings. The molecule has 3 rings (SSSR count). The maximum absolute atomic E-state index is 5.29. The largest absolute Gasteiger partial charge is 0.250 e. The van der Waals surface area contributed by atoms with E-state index in [0.29, 0.717) is 0 Å². The lowest BCUT2D eigenvalue weighted by molar-refractivity contribution is -0.600. The molecule has 1 heterocycles. The number of benzene rings is 2. The van der Waals surface area contributed by atoms with E-state index in [9.17, 15) is 0 Å². The third kappa shape index (κ3) is 2.73. The van der Waals surface area contributed by atoms with Crippen LogP contribution in [-0.2, 0) is 19.6 Å². The number of rotatable bonds is 2. The molecule has 0 amide bonds. The zero-order chi connectivity index (χ0) is 13.9. The van der Waals surface area contributed by atoms with E-state index in [1.165, 1.54) is 5.56 Å². The van der Waals surface area contributed by atoms with E-state index < -0.39 is 12.6 Å². The van der Waals surface area contributed by atoms with E-state index in [1.54, 1.807) is 0 Å². The van der Waals surface area contributed by atoms with Crippen molar-refractivity contribution in [3.05, 3.63) is 70.8 Å². The molecule has 1 aliphatic rings. The SMILES string of the molecule is Cc1ccc(C2OOC(c3ccccc3C)OO2)cc1. The Morgan fingerprint density at radius 1 is 0.700 bits per heavy atom. The van der Waals surface area contributed by atoms with Gasteiger partial charge in [-0.25, -0.2) is 0 Å². The Bertz CT molecular complexity index is 571. The van der Waals surface area contributed by atoms with Gasteiger partial charge in [0, 0.05) is 11.1 Å². The van der Waals surface area contributed by atoms with E-state index in [4.69, 9.17) is 19.6 Å². The predicted molar refractivity (Wildman–Crippen MR) is 72.2 cm³/mol. The second-order valence-corrected chi connectivity index (χ2v) is 4.82. The zero-order valence-electron chi connectivity index (χ0n) is 11.4. The van der Waals surface area contributed by atoms with Crippen molar-refractivity contribution in [2.75, 3.05) is 0 Å². The summed E-state index contributed by atoms with van der Waals surface area (Å²) >= 11 is 0. The minimum Gasteiger partial charge on any atom is -0.193 e. The van der Waals surface area contributed by atoms with Crippen LogP contribution in [-0.4, -0.2) is 0 Å². The summed E-state index contributed by atoms with van der Waals surface area (Å²) in [4.78, 5) is 21.1. The van der Waals surface area contributed by atoms with Crippen LogP contribution in [0.25, 0.3) is 0 Å². The van der Waals surface area contributed by atoms with Gasteiger partial charge in [0.1, 0.15) is 0 Å². The van der Waals surface area contributed by atoms with Crippen molar-refractivity contribution in [2.24, 2.45) is 0 Å². The molecular formula is C16H16O4. The van der Waals surface area contributed by atoms with Crippen LogP contribution in [0.5, 0.6) is 0 Å². The summed E-state index contributed by atoms with van der Waals surface area (Å²) in [6.45, 7) is 4.00. The van der Waals surface area contributed by atoms with Crippen LogP contribution in [0.1, 0.15) is 34.8 Å². The highest BCUT2D eigenvalue weighted by Crippen LogP contribution is 2.33. The summed E-state index contributed by atoms with van der Waals surface area (Å²) in [5.74, 6) is 0. The number of hydrogen-bond acceptors (Lipinski definition) is 4. The molecule has 104 valence electrons. The standard InChI is InChI=1S/C16H16O4/c1-11-7-9-13(10-8-11)15-17-19-16(20-18-15)14-6-4-3-5-12(14)2/h3-10,15-16H,1-2H3. The van der Waals surface area contributed by atoms with E-state index >= 15 is 0 Å². The third-order valence-electron chi connectivity index (χ3n) is 3.25. The Kier molecular flexibility index (Phi) is 3.80. The predicted octanol–water partition coefficient (Wildman–Crippen LogP) is 3.91. The molecule has 4 heteroatoms. The van der Waals surface area contributed by atoms with Gasteiger partial charge in [-0.3, -0.25) is 0 Å². The van der Waals surface area contributed by atoms with Gasteiger partial charge in [0.25, 0.3) is 0 Å². The second-order valence-electron chi connectivity index (χ2n) is 4.82. The Labute approximate surface area is 117 Å². The molecule has 2 aromatic carbocycles. The van der Waals surface area contributed by atoms with Crippen LogP contribution < -0.4 is 0 Å². The molecule has 0 atom stereocenters. The van der Waals surface area contributed by atoms with Gasteiger partial charge in [-0.1, -0.05) is 54.1 Å². The molecule has 4 nitrogen and oxygen atoms in total. The maximum Gasteiger partial charge on any atom is 0.250 e. The summed E-state index contributed by atoms with van der Waals surface area (Å²) in [6, 6.07) is 15.6. The Morgan fingerprint density at radius 3 is 1.95 bits per heavy atom. The Hall–Kier alpha value is -1.72. The molecule has 0 radical (unpaired) electrons. The van der Waals surface area contributed by atoms with E-state index in [0.717, 1.165) is 16.7 Å². The van der Waals surface area contributed by atoms with E-state index in [2.05, 4.69) is 0 Å². The van der Waals surface area contributed by atoms with Crippen LogP contribution in [0, 0.1) is 13.8 Å². The fourth-order valence-electron chi connectivity index (χ4n) is 2.02. The van der Waals surface area contributed by atoms with Gasteiger partial charge in [0.15, 0.2) is 0 Å². The first-order valence-corrected chi connectivity index (χ1v) is 6.50. The van der Waals surface area contributed by atoms with Crippen molar-refractivity contribution in [1.82, 2.24) is 0 Å². The first-order valence-electron chi connectivity index (χ1n) is 6.50. The molecular weight excluding hydrogens is 256 g/mol. The average Bonchev–Trinajstić information content (AvgIpc) is 2.49. The summed E-state index contributed by atoms with van der Waals surface area (Å²) in [7, 11) is 0. The molecule has 0 aliphatic carbocycles. The lowest BCUT2D eigenvalue weighted by atomic mass is 10.1. The average molecular weight is 272 g/mol. The van der Waals surface area contributed by atoms with Crippen molar-refractivity contribution < 1.29 is 19.6 Å². The lowest BCUT2D eigenvalue weighted by Crippen LogP contribution is -2.22. The van der Waals surface area contributed by atoms with Gasteiger partial charge in [-0.05, 0) is 19.4 Å². The molecule has 0 bridgehead atoms. The summed E-state index contributed by atoms with van der Waals surface area (Å²) in [6.07, 6.45) is -1.34. The van der Waals surface area contributed by atoms with Gasteiger partial charge in [0.05, 0.1) is 0 Å². The maximum atomic E-state index is 5.29. The normalized spacial score (nSPS) is 22.7. The van der Waals surface area contributed by atoms with Gasteiger partial charge >= 0.3 is 0 Å². The van der Waals surface area contributed by atoms with Crippen molar-refractivity contribution in [1.29, 1.82) is 0 Å². The molecule has 0 saturated carbocycles. The number of aryl methyl sites for hydroxylation is 2. The van der Waals surface area contributed by atoms with Crippen LogP contribution in [0.4, 0.5) is 0 Å². The fourth-order valence-corrected chi connectivity index (χ4v) is 2.02. The van der Waals surface area contributed by atoms with Gasteiger partial charge in [0.2, 0.25) is 12.6 Å². The first kappa shape index (κ1) is 13.3. The third-order valence-corrected chi connectivity index (χ3v) is 3.25. The van der Waals surface area contributed by atoms with Crippen LogP contribution in [0.3, 0.4) is 0 Å². The van der Waals surface area contributed by atoms with Crippen LogP contribution >= 0.6 is 0 Å². The van der Waals surface area contributed by atoms with Gasteiger partial charge in [-0.15, -0.1) is 0 Å². The van der Waals surface area contributed by atoms with Crippen molar-refractivity contribution >= 4 is 0 Å². The quantitative estimate of drug-likeness (QED) is 0.777. The van der Waals surface area contributed by atoms with Crippen molar-refractivity contribution in [3.8, 4) is 0 Å². The number of hydrogen-bond donors (Lipinski definition) is 0. The van der Waals surface area contributed by atoms with Crippen LogP contribution in [0.15, 0.2) is 48.5 Å². The van der Waals surface area contributed by atoms with Crippen molar-refractivity contribution in [2.45, 2.75) is 26.4 Å². The topological polar surface area (TPSA) is 36.9 Å². The fraction of sp³-hybridized carbons (Fsp3) is 0.250. The highest BCUT2D eigenvalue weighted by atomic mass is 17.4. The van der Waals surface area contributed by atoms with Gasteiger partial charge in [-0.2, -0.15) is 19.6 Å². The minimum absolute atomic E-state index is 0.669. The first-order chi connectivity index (χ1) is 9.74. The lowest BCUT2D eigenvalue weighted by Gasteiger charge is -2.27. The van der Waals surface area contributed by atoms with Crippen molar-refractivity contribution in [3.63, 3.8) is 0 Å². The molecule has 1 saturated heterocycles. The zero-order valence-corrected chi connectivity index (χ0v) is 11.4. The molecule has 0 aromatic heterocycles. The monoisotopic (exact) mass is 272 g/mol. The molecule has 20 heavy (non-hydrogen) atoms. The smallest absolute Gasteiger partial charge is 0.193 e.